The highest BCUT2D eigenvalue weighted by molar-refractivity contribution is 6.34. The molecule has 1 aliphatic rings. The van der Waals surface area contributed by atoms with Crippen LogP contribution in [0.15, 0.2) is 83.0 Å². The predicted octanol–water partition coefficient (Wildman–Crippen LogP) is 3.75. The lowest BCUT2D eigenvalue weighted by Crippen LogP contribution is -2.61. The quantitative estimate of drug-likeness (QED) is 0.827. The van der Waals surface area contributed by atoms with Crippen molar-refractivity contribution >= 4 is 29.2 Å². The lowest BCUT2D eigenvalue weighted by Gasteiger charge is -2.02. The average molecular weight is 310 g/mol. The van der Waals surface area contributed by atoms with Crippen molar-refractivity contribution in [3.05, 3.63) is 83.0 Å². The summed E-state index contributed by atoms with van der Waals surface area (Å²) in [6.45, 7) is 0. The Morgan fingerprint density at radius 3 is 2.32 bits per heavy atom. The van der Waals surface area contributed by atoms with E-state index in [4.69, 9.17) is 11.6 Å². The van der Waals surface area contributed by atoms with E-state index in [2.05, 4.69) is 10.3 Å². The van der Waals surface area contributed by atoms with E-state index < -0.39 is 0 Å². The van der Waals surface area contributed by atoms with E-state index in [0.29, 0.717) is 0 Å². The Hall–Kier alpha value is -2.32. The summed E-state index contributed by atoms with van der Waals surface area (Å²) in [6, 6.07) is 20.2. The fourth-order valence-corrected chi connectivity index (χ4v) is 2.67. The van der Waals surface area contributed by atoms with Crippen LogP contribution < -0.4 is 10.3 Å². The van der Waals surface area contributed by atoms with Crippen LogP contribution in [0.4, 0.5) is 11.4 Å². The number of hydrogen-bond donors (Lipinski definition) is 2. The molecule has 22 heavy (non-hydrogen) atoms. The molecule has 2 aromatic carbocycles. The van der Waals surface area contributed by atoms with Gasteiger partial charge in [-0.05, 0) is 30.5 Å². The third-order valence-electron chi connectivity index (χ3n) is 3.60. The minimum Gasteiger partial charge on any atom is -0.361 e. The highest BCUT2D eigenvalue weighted by Gasteiger charge is 2.18. The topological polar surface area (TPSA) is 26.0 Å². The molecule has 0 saturated carbocycles. The largest absolute Gasteiger partial charge is 0.361 e. The Morgan fingerprint density at radius 1 is 0.909 bits per heavy atom. The number of allylic oxidation sites excluding steroid dienone is 3. The number of benzene rings is 2. The summed E-state index contributed by atoms with van der Waals surface area (Å²) in [5.41, 5.74) is 4.43. The van der Waals surface area contributed by atoms with Crippen LogP contribution in [0.25, 0.3) is 0 Å². The molecule has 2 aromatic rings. The average Bonchev–Trinajstić information content (AvgIpc) is 2.93. The van der Waals surface area contributed by atoms with Gasteiger partial charge in [0.15, 0.2) is 6.21 Å². The van der Waals surface area contributed by atoms with Gasteiger partial charge >= 0.3 is 0 Å². The maximum atomic E-state index is 6.48. The lowest BCUT2D eigenvalue weighted by atomic mass is 10.2. The molecule has 2 N–H and O–H groups in total. The van der Waals surface area contributed by atoms with Gasteiger partial charge in [-0.15, -0.1) is 0 Å². The predicted molar refractivity (Wildman–Crippen MR) is 93.4 cm³/mol. The molecule has 0 saturated heterocycles. The molecule has 0 bridgehead atoms. The van der Waals surface area contributed by atoms with Crippen LogP contribution >= 0.6 is 11.6 Å². The first-order valence-corrected chi connectivity index (χ1v) is 7.75. The van der Waals surface area contributed by atoms with E-state index in [-0.39, 0.29) is 0 Å². The molecule has 0 heterocycles. The van der Waals surface area contributed by atoms with Crippen LogP contribution in [0.1, 0.15) is 12.8 Å². The summed E-state index contributed by atoms with van der Waals surface area (Å²) < 4.78 is 0. The molecule has 2 nitrogen and oxygen atoms in total. The molecule has 0 spiro atoms. The van der Waals surface area contributed by atoms with Crippen LogP contribution in [0.2, 0.25) is 0 Å². The zero-order valence-corrected chi connectivity index (χ0v) is 13.0. The highest BCUT2D eigenvalue weighted by Crippen LogP contribution is 2.32. The van der Waals surface area contributed by atoms with E-state index in [9.17, 15) is 0 Å². The van der Waals surface area contributed by atoms with E-state index in [1.807, 2.05) is 73.1 Å². The van der Waals surface area contributed by atoms with Gasteiger partial charge in [0.05, 0.1) is 5.03 Å². The lowest BCUT2D eigenvalue weighted by molar-refractivity contribution is -0.347. The van der Waals surface area contributed by atoms with Crippen molar-refractivity contribution in [1.82, 2.24) is 0 Å². The molecule has 110 valence electrons. The molecule has 1 aliphatic carbocycles. The van der Waals surface area contributed by atoms with Crippen LogP contribution in [-0.4, -0.2) is 6.21 Å². The molecule has 0 unspecified atom stereocenters. The molecule has 0 radical (unpaired) electrons. The maximum Gasteiger partial charge on any atom is 0.203 e. The molecular weight excluding hydrogens is 292 g/mol. The fraction of sp³-hybridized carbons (Fsp3) is 0.105. The molecule has 0 aromatic heterocycles. The van der Waals surface area contributed by atoms with Gasteiger partial charge in [0.25, 0.3) is 0 Å². The van der Waals surface area contributed by atoms with Crippen molar-refractivity contribution in [1.29, 1.82) is 0 Å². The monoisotopic (exact) mass is 309 g/mol. The zero-order chi connectivity index (χ0) is 15.2. The SMILES string of the molecule is ClC1=C(C=[NH+]c2ccccc2)CC/C1=C/Nc1ccccc1. The fourth-order valence-electron chi connectivity index (χ4n) is 2.38. The van der Waals surface area contributed by atoms with Crippen molar-refractivity contribution in [2.45, 2.75) is 12.8 Å². The van der Waals surface area contributed by atoms with E-state index in [0.717, 1.165) is 40.4 Å². The molecule has 3 heteroatoms. The van der Waals surface area contributed by atoms with Crippen molar-refractivity contribution in [3.8, 4) is 0 Å². The van der Waals surface area contributed by atoms with Gasteiger partial charge in [0, 0.05) is 29.6 Å². The summed E-state index contributed by atoms with van der Waals surface area (Å²) in [7, 11) is 0. The maximum absolute atomic E-state index is 6.48. The van der Waals surface area contributed by atoms with Gasteiger partial charge in [-0.1, -0.05) is 48.0 Å². The van der Waals surface area contributed by atoms with E-state index in [1.165, 1.54) is 0 Å². The van der Waals surface area contributed by atoms with Gasteiger partial charge < -0.3 is 5.32 Å². The summed E-state index contributed by atoms with van der Waals surface area (Å²) in [5, 5.41) is 4.14. The Bertz CT molecular complexity index is 716. The first-order valence-electron chi connectivity index (χ1n) is 7.37. The minimum atomic E-state index is 0.840. The molecule has 0 atom stereocenters. The Kier molecular flexibility index (Phi) is 4.71. The summed E-state index contributed by atoms with van der Waals surface area (Å²) >= 11 is 6.48. The molecular formula is C19H18ClN2+. The highest BCUT2D eigenvalue weighted by atomic mass is 35.5. The number of para-hydroxylation sites is 2. The van der Waals surface area contributed by atoms with Gasteiger partial charge in [-0.25, -0.2) is 4.99 Å². The van der Waals surface area contributed by atoms with Gasteiger partial charge in [0.1, 0.15) is 0 Å². The Morgan fingerprint density at radius 2 is 1.59 bits per heavy atom. The van der Waals surface area contributed by atoms with E-state index in [1.54, 1.807) is 0 Å². The first kappa shape index (κ1) is 14.6. The second-order valence-corrected chi connectivity index (χ2v) is 5.55. The molecule has 0 amide bonds. The smallest absolute Gasteiger partial charge is 0.203 e. The third-order valence-corrected chi connectivity index (χ3v) is 4.09. The van der Waals surface area contributed by atoms with Gasteiger partial charge in [-0.3, -0.25) is 0 Å². The summed E-state index contributed by atoms with van der Waals surface area (Å²) in [5.74, 6) is 0. The zero-order valence-electron chi connectivity index (χ0n) is 12.2. The van der Waals surface area contributed by atoms with Crippen LogP contribution in [0.3, 0.4) is 0 Å². The normalized spacial score (nSPS) is 16.7. The second kappa shape index (κ2) is 7.10. The van der Waals surface area contributed by atoms with Crippen molar-refractivity contribution in [2.75, 3.05) is 5.32 Å². The standard InChI is InChI=1S/C19H17ClN2/c20-19-15(13-21-17-7-3-1-4-8-17)11-12-16(19)14-22-18-9-5-2-6-10-18/h1-10,13-14,21H,11-12H2/p+1/b15-13-,22-14?. The van der Waals surface area contributed by atoms with Gasteiger partial charge in [-0.2, -0.15) is 0 Å². The molecule has 0 aliphatic heterocycles. The number of anilines is 1. The third kappa shape index (κ3) is 3.66. The number of nitrogens with one attached hydrogen (secondary N) is 2. The van der Waals surface area contributed by atoms with Crippen molar-refractivity contribution < 1.29 is 4.99 Å². The summed E-state index contributed by atoms with van der Waals surface area (Å²) in [6.07, 6.45) is 5.92. The van der Waals surface area contributed by atoms with Crippen LogP contribution in [0.5, 0.6) is 0 Å². The van der Waals surface area contributed by atoms with Crippen LogP contribution in [0, 0.1) is 0 Å². The minimum absolute atomic E-state index is 0.840. The van der Waals surface area contributed by atoms with Gasteiger partial charge in [0.2, 0.25) is 5.69 Å². The summed E-state index contributed by atoms with van der Waals surface area (Å²) in [4.78, 5) is 3.30. The van der Waals surface area contributed by atoms with Crippen molar-refractivity contribution in [3.63, 3.8) is 0 Å². The Balaban J connectivity index is 1.71. The Labute approximate surface area is 135 Å². The second-order valence-electron chi connectivity index (χ2n) is 5.17. The van der Waals surface area contributed by atoms with E-state index >= 15 is 0 Å². The number of hydrogen-bond acceptors (Lipinski definition) is 1. The molecule has 3 rings (SSSR count). The molecule has 0 fully saturated rings. The first-order chi connectivity index (χ1) is 10.8. The number of rotatable bonds is 4. The van der Waals surface area contributed by atoms with Crippen molar-refractivity contribution in [2.24, 2.45) is 0 Å². The number of halogens is 1. The van der Waals surface area contributed by atoms with Crippen LogP contribution in [-0.2, 0) is 0 Å².